The Labute approximate surface area is 117 Å². The zero-order valence-corrected chi connectivity index (χ0v) is 12.5. The molecule has 0 saturated heterocycles. The fraction of sp³-hybridized carbons (Fsp3) is 0.875. The van der Waals surface area contributed by atoms with Gasteiger partial charge in [0.15, 0.2) is 0 Å². The van der Waals surface area contributed by atoms with E-state index in [0.29, 0.717) is 11.8 Å². The highest BCUT2D eigenvalue weighted by atomic mass is 16.6. The van der Waals surface area contributed by atoms with E-state index in [4.69, 9.17) is 4.74 Å². The zero-order chi connectivity index (χ0) is 14.1. The summed E-state index contributed by atoms with van der Waals surface area (Å²) in [5.74, 6) is -0.764. The molecule has 1 saturated carbocycles. The second-order valence-electron chi connectivity index (χ2n) is 5.86. The van der Waals surface area contributed by atoms with Gasteiger partial charge in [-0.25, -0.2) is 0 Å². The molecule has 1 aliphatic carbocycles. The molecule has 0 spiro atoms. The van der Waals surface area contributed by atoms with Crippen LogP contribution in [-0.2, 0) is 14.3 Å². The Bertz CT molecular complexity index is 285. The van der Waals surface area contributed by atoms with Crippen molar-refractivity contribution in [1.82, 2.24) is 0 Å². The summed E-state index contributed by atoms with van der Waals surface area (Å²) in [5, 5.41) is 0. The Morgan fingerprint density at radius 1 is 1.00 bits per heavy atom. The SMILES string of the molecule is CCCC1(CCCC(=O)OC(=O)CC)CCCCC1. The van der Waals surface area contributed by atoms with Gasteiger partial charge in [-0.05, 0) is 37.5 Å². The first-order valence-corrected chi connectivity index (χ1v) is 7.85. The molecule has 1 aliphatic rings. The third-order valence-electron chi connectivity index (χ3n) is 4.30. The first-order valence-electron chi connectivity index (χ1n) is 7.85. The molecular formula is C16H28O3. The lowest BCUT2D eigenvalue weighted by Gasteiger charge is -2.37. The average molecular weight is 268 g/mol. The van der Waals surface area contributed by atoms with Gasteiger partial charge < -0.3 is 4.74 Å². The quantitative estimate of drug-likeness (QED) is 0.508. The van der Waals surface area contributed by atoms with Gasteiger partial charge >= 0.3 is 11.9 Å². The molecule has 0 aromatic heterocycles. The van der Waals surface area contributed by atoms with Gasteiger partial charge in [-0.2, -0.15) is 0 Å². The Kier molecular flexibility index (Phi) is 7.11. The molecule has 110 valence electrons. The van der Waals surface area contributed by atoms with Gasteiger partial charge in [0.05, 0.1) is 0 Å². The van der Waals surface area contributed by atoms with Crippen molar-refractivity contribution in [3.05, 3.63) is 0 Å². The van der Waals surface area contributed by atoms with Gasteiger partial charge in [0, 0.05) is 12.8 Å². The van der Waals surface area contributed by atoms with Crippen molar-refractivity contribution >= 4 is 11.9 Å². The maximum absolute atomic E-state index is 11.5. The molecule has 0 aromatic rings. The van der Waals surface area contributed by atoms with Gasteiger partial charge in [0.1, 0.15) is 0 Å². The Morgan fingerprint density at radius 2 is 1.68 bits per heavy atom. The van der Waals surface area contributed by atoms with E-state index in [-0.39, 0.29) is 12.4 Å². The fourth-order valence-electron chi connectivity index (χ4n) is 3.31. The summed E-state index contributed by atoms with van der Waals surface area (Å²) in [6.45, 7) is 3.94. The van der Waals surface area contributed by atoms with Crippen LogP contribution in [0.1, 0.15) is 84.5 Å². The van der Waals surface area contributed by atoms with Crippen LogP contribution in [-0.4, -0.2) is 11.9 Å². The molecule has 0 amide bonds. The fourth-order valence-corrected chi connectivity index (χ4v) is 3.31. The summed E-state index contributed by atoms with van der Waals surface area (Å²) >= 11 is 0. The molecular weight excluding hydrogens is 240 g/mol. The molecule has 0 atom stereocenters. The van der Waals surface area contributed by atoms with Crippen molar-refractivity contribution in [3.63, 3.8) is 0 Å². The summed E-state index contributed by atoms with van der Waals surface area (Å²) in [7, 11) is 0. The maximum Gasteiger partial charge on any atom is 0.313 e. The van der Waals surface area contributed by atoms with E-state index < -0.39 is 5.97 Å². The van der Waals surface area contributed by atoms with E-state index in [9.17, 15) is 9.59 Å². The van der Waals surface area contributed by atoms with Crippen LogP contribution in [0.4, 0.5) is 0 Å². The Morgan fingerprint density at radius 3 is 2.26 bits per heavy atom. The molecule has 3 nitrogen and oxygen atoms in total. The topological polar surface area (TPSA) is 43.4 Å². The van der Waals surface area contributed by atoms with Crippen LogP contribution in [0.3, 0.4) is 0 Å². The predicted molar refractivity (Wildman–Crippen MR) is 75.7 cm³/mol. The number of carbonyl (C=O) groups excluding carboxylic acids is 2. The van der Waals surface area contributed by atoms with Gasteiger partial charge in [0.2, 0.25) is 0 Å². The highest BCUT2D eigenvalue weighted by molar-refractivity contribution is 5.85. The van der Waals surface area contributed by atoms with E-state index >= 15 is 0 Å². The molecule has 3 heteroatoms. The van der Waals surface area contributed by atoms with Crippen LogP contribution < -0.4 is 0 Å². The molecule has 0 aliphatic heterocycles. The summed E-state index contributed by atoms with van der Waals surface area (Å²) < 4.78 is 4.70. The molecule has 0 bridgehead atoms. The molecule has 19 heavy (non-hydrogen) atoms. The van der Waals surface area contributed by atoms with E-state index in [2.05, 4.69) is 6.92 Å². The summed E-state index contributed by atoms with van der Waals surface area (Å²) in [6, 6.07) is 0. The largest absolute Gasteiger partial charge is 0.393 e. The zero-order valence-electron chi connectivity index (χ0n) is 12.5. The first kappa shape index (κ1) is 16.2. The second-order valence-corrected chi connectivity index (χ2v) is 5.86. The number of esters is 2. The standard InChI is InChI=1S/C16H28O3/c1-3-10-16(11-6-5-7-12-16)13-8-9-15(18)19-14(17)4-2/h3-13H2,1-2H3. The lowest BCUT2D eigenvalue weighted by Crippen LogP contribution is -2.24. The van der Waals surface area contributed by atoms with E-state index in [1.165, 1.54) is 44.9 Å². The highest BCUT2D eigenvalue weighted by Gasteiger charge is 2.30. The summed E-state index contributed by atoms with van der Waals surface area (Å²) in [4.78, 5) is 22.5. The van der Waals surface area contributed by atoms with Gasteiger partial charge in [0.25, 0.3) is 0 Å². The molecule has 1 fully saturated rings. The Hall–Kier alpha value is -0.860. The molecule has 0 aromatic carbocycles. The van der Waals surface area contributed by atoms with Crippen LogP contribution in [0.15, 0.2) is 0 Å². The van der Waals surface area contributed by atoms with E-state index in [1.54, 1.807) is 6.92 Å². The van der Waals surface area contributed by atoms with Crippen LogP contribution in [0.25, 0.3) is 0 Å². The summed E-state index contributed by atoms with van der Waals surface area (Å²) in [5.41, 5.74) is 0.460. The van der Waals surface area contributed by atoms with Crippen molar-refractivity contribution in [3.8, 4) is 0 Å². The van der Waals surface area contributed by atoms with E-state index in [1.807, 2.05) is 0 Å². The minimum absolute atomic E-state index is 0.269. The van der Waals surface area contributed by atoms with Crippen molar-refractivity contribution in [1.29, 1.82) is 0 Å². The molecule has 0 N–H and O–H groups in total. The van der Waals surface area contributed by atoms with Crippen LogP contribution in [0, 0.1) is 5.41 Å². The molecule has 0 radical (unpaired) electrons. The van der Waals surface area contributed by atoms with Crippen molar-refractivity contribution in [2.75, 3.05) is 0 Å². The van der Waals surface area contributed by atoms with Crippen LogP contribution in [0.5, 0.6) is 0 Å². The predicted octanol–water partition coefficient (Wildman–Crippen LogP) is 4.39. The third kappa shape index (κ3) is 5.75. The second kappa shape index (κ2) is 8.34. The van der Waals surface area contributed by atoms with Crippen LogP contribution in [0.2, 0.25) is 0 Å². The maximum atomic E-state index is 11.5. The number of rotatable bonds is 7. The van der Waals surface area contributed by atoms with Crippen LogP contribution >= 0.6 is 0 Å². The van der Waals surface area contributed by atoms with Crippen molar-refractivity contribution < 1.29 is 14.3 Å². The monoisotopic (exact) mass is 268 g/mol. The Balaban J connectivity index is 2.32. The average Bonchev–Trinajstić information content (AvgIpc) is 2.40. The minimum Gasteiger partial charge on any atom is -0.393 e. The number of carbonyl (C=O) groups is 2. The number of ether oxygens (including phenoxy) is 1. The lowest BCUT2D eigenvalue weighted by atomic mass is 9.68. The third-order valence-corrected chi connectivity index (χ3v) is 4.30. The van der Waals surface area contributed by atoms with Gasteiger partial charge in [-0.1, -0.05) is 39.5 Å². The van der Waals surface area contributed by atoms with Crippen molar-refractivity contribution in [2.45, 2.75) is 84.5 Å². The lowest BCUT2D eigenvalue weighted by molar-refractivity contribution is -0.159. The minimum atomic E-state index is -0.411. The van der Waals surface area contributed by atoms with Gasteiger partial charge in [-0.15, -0.1) is 0 Å². The number of hydrogen-bond acceptors (Lipinski definition) is 3. The highest BCUT2D eigenvalue weighted by Crippen LogP contribution is 2.44. The van der Waals surface area contributed by atoms with Crippen molar-refractivity contribution in [2.24, 2.45) is 5.41 Å². The first-order chi connectivity index (χ1) is 9.12. The smallest absolute Gasteiger partial charge is 0.313 e. The molecule has 0 unspecified atom stereocenters. The van der Waals surface area contributed by atoms with E-state index in [0.717, 1.165) is 12.8 Å². The molecule has 0 heterocycles. The molecule has 1 rings (SSSR count). The summed E-state index contributed by atoms with van der Waals surface area (Å²) in [6.07, 6.45) is 11.8. The number of hydrogen-bond donors (Lipinski definition) is 0. The van der Waals surface area contributed by atoms with Gasteiger partial charge in [-0.3, -0.25) is 9.59 Å². The normalized spacial score (nSPS) is 18.0.